The first-order valence-electron chi connectivity index (χ1n) is 8.60. The number of pyridine rings is 1. The zero-order valence-electron chi connectivity index (χ0n) is 15.9. The van der Waals surface area contributed by atoms with Gasteiger partial charge < -0.3 is 14.8 Å². The van der Waals surface area contributed by atoms with Crippen LogP contribution in [0, 0.1) is 18.3 Å². The molecule has 0 fully saturated rings. The fourth-order valence-corrected chi connectivity index (χ4v) is 3.25. The van der Waals surface area contributed by atoms with Crippen molar-refractivity contribution in [3.8, 4) is 11.8 Å². The number of carbonyl (C=O) groups is 2. The summed E-state index contributed by atoms with van der Waals surface area (Å²) in [5.41, 5.74) is 1.81. The number of aromatic nitrogens is 1. The molecule has 2 aromatic rings. The molecule has 0 atom stereocenters. The highest BCUT2D eigenvalue weighted by Crippen LogP contribution is 2.23. The summed E-state index contributed by atoms with van der Waals surface area (Å²) in [5.74, 6) is 0.0764. The number of rotatable bonds is 8. The molecule has 28 heavy (non-hydrogen) atoms. The Kier molecular flexibility index (Phi) is 7.84. The van der Waals surface area contributed by atoms with Gasteiger partial charge in [-0.2, -0.15) is 5.26 Å². The monoisotopic (exact) mass is 399 g/mol. The summed E-state index contributed by atoms with van der Waals surface area (Å²) in [6.07, 6.45) is 0. The van der Waals surface area contributed by atoms with Crippen LogP contribution in [0.1, 0.15) is 34.1 Å². The van der Waals surface area contributed by atoms with Crippen LogP contribution < -0.4 is 10.1 Å². The lowest BCUT2D eigenvalue weighted by atomic mass is 10.1. The lowest BCUT2D eigenvalue weighted by molar-refractivity contribution is -0.118. The number of esters is 1. The van der Waals surface area contributed by atoms with Crippen molar-refractivity contribution < 1.29 is 19.1 Å². The van der Waals surface area contributed by atoms with Crippen LogP contribution in [-0.2, 0) is 16.1 Å². The summed E-state index contributed by atoms with van der Waals surface area (Å²) in [4.78, 5) is 28.4. The minimum absolute atomic E-state index is 0.0923. The smallest absolute Gasteiger partial charge is 0.340 e. The predicted molar refractivity (Wildman–Crippen MR) is 105 cm³/mol. The summed E-state index contributed by atoms with van der Waals surface area (Å²) in [5, 5.41) is 12.6. The number of hydrogen-bond acceptors (Lipinski definition) is 7. The summed E-state index contributed by atoms with van der Waals surface area (Å²) < 4.78 is 10.2. The molecule has 1 heterocycles. The van der Waals surface area contributed by atoms with E-state index in [1.165, 1.54) is 6.07 Å². The Bertz CT molecular complexity index is 909. The summed E-state index contributed by atoms with van der Waals surface area (Å²) >= 11 is 1.14. The number of para-hydroxylation sites is 1. The number of nitriles is 1. The van der Waals surface area contributed by atoms with E-state index in [-0.39, 0.29) is 29.4 Å². The van der Waals surface area contributed by atoms with E-state index < -0.39 is 5.97 Å². The predicted octanol–water partition coefficient (Wildman–Crippen LogP) is 2.86. The molecule has 0 saturated heterocycles. The molecule has 0 radical (unpaired) electrons. The van der Waals surface area contributed by atoms with Gasteiger partial charge in [0.1, 0.15) is 16.8 Å². The normalized spacial score (nSPS) is 10.1. The molecule has 0 spiro atoms. The van der Waals surface area contributed by atoms with Gasteiger partial charge in [0, 0.05) is 12.1 Å². The molecule has 0 aliphatic carbocycles. The van der Waals surface area contributed by atoms with Crippen LogP contribution in [0.25, 0.3) is 0 Å². The van der Waals surface area contributed by atoms with Crippen LogP contribution in [0.2, 0.25) is 0 Å². The topological polar surface area (TPSA) is 101 Å². The molecule has 0 aliphatic heterocycles. The van der Waals surface area contributed by atoms with Crippen molar-refractivity contribution >= 4 is 23.6 Å². The maximum absolute atomic E-state index is 12.2. The second kappa shape index (κ2) is 10.3. The number of amides is 1. The minimum atomic E-state index is -0.518. The Morgan fingerprint density at radius 2 is 2.07 bits per heavy atom. The van der Waals surface area contributed by atoms with E-state index in [9.17, 15) is 14.9 Å². The molecule has 1 aromatic carbocycles. The van der Waals surface area contributed by atoms with Gasteiger partial charge in [0.15, 0.2) is 0 Å². The Morgan fingerprint density at radius 3 is 2.75 bits per heavy atom. The molecule has 0 saturated carbocycles. The average molecular weight is 399 g/mol. The highest BCUT2D eigenvalue weighted by Gasteiger charge is 2.17. The quantitative estimate of drug-likeness (QED) is 0.538. The number of nitrogens with zero attached hydrogens (tertiary/aromatic N) is 2. The molecular weight excluding hydrogens is 378 g/mol. The van der Waals surface area contributed by atoms with Gasteiger partial charge in [-0.15, -0.1) is 0 Å². The van der Waals surface area contributed by atoms with Crippen LogP contribution in [0.3, 0.4) is 0 Å². The van der Waals surface area contributed by atoms with Crippen LogP contribution in [0.15, 0.2) is 35.4 Å². The number of thioether (sulfide) groups is 1. The molecule has 146 valence electrons. The van der Waals surface area contributed by atoms with Crippen molar-refractivity contribution in [1.82, 2.24) is 10.3 Å². The van der Waals surface area contributed by atoms with Crippen molar-refractivity contribution in [1.29, 1.82) is 5.26 Å². The van der Waals surface area contributed by atoms with E-state index in [0.29, 0.717) is 23.0 Å². The third kappa shape index (κ3) is 5.47. The van der Waals surface area contributed by atoms with E-state index in [0.717, 1.165) is 17.3 Å². The molecule has 1 aromatic heterocycles. The van der Waals surface area contributed by atoms with Crippen LogP contribution in [0.4, 0.5) is 0 Å². The third-order valence-electron chi connectivity index (χ3n) is 3.80. The first-order chi connectivity index (χ1) is 13.5. The van der Waals surface area contributed by atoms with Gasteiger partial charge in [-0.05, 0) is 26.0 Å². The Labute approximate surface area is 168 Å². The lowest BCUT2D eigenvalue weighted by Gasteiger charge is -2.10. The Hall–Kier alpha value is -3.05. The summed E-state index contributed by atoms with van der Waals surface area (Å²) in [7, 11) is 1.58. The molecule has 0 bridgehead atoms. The number of carbonyl (C=O) groups excluding carboxylic acids is 2. The van der Waals surface area contributed by atoms with Crippen molar-refractivity contribution in [3.05, 3.63) is 52.7 Å². The average Bonchev–Trinajstić information content (AvgIpc) is 2.71. The van der Waals surface area contributed by atoms with Crippen molar-refractivity contribution in [3.63, 3.8) is 0 Å². The SMILES string of the molecule is CCOC(=O)c1cc(C#N)c(SCC(=O)NCc2ccccc2OC)nc1C. The van der Waals surface area contributed by atoms with Gasteiger partial charge in [0.2, 0.25) is 5.91 Å². The highest BCUT2D eigenvalue weighted by atomic mass is 32.2. The highest BCUT2D eigenvalue weighted by molar-refractivity contribution is 8.00. The Morgan fingerprint density at radius 1 is 1.32 bits per heavy atom. The van der Waals surface area contributed by atoms with E-state index in [1.54, 1.807) is 21.0 Å². The standard InChI is InChI=1S/C20H21N3O4S/c1-4-27-20(25)16-9-15(10-21)19(23-13(16)2)28-12-18(24)22-11-14-7-5-6-8-17(14)26-3/h5-9H,4,11-12H2,1-3H3,(H,22,24). The number of hydrogen-bond donors (Lipinski definition) is 1. The van der Waals surface area contributed by atoms with E-state index >= 15 is 0 Å². The molecule has 1 N–H and O–H groups in total. The number of benzene rings is 1. The number of methoxy groups -OCH3 is 1. The van der Waals surface area contributed by atoms with E-state index in [1.807, 2.05) is 30.3 Å². The first-order valence-corrected chi connectivity index (χ1v) is 9.59. The number of aryl methyl sites for hydroxylation is 1. The zero-order chi connectivity index (χ0) is 20.5. The Balaban J connectivity index is 2.01. The molecular formula is C20H21N3O4S. The second-order valence-corrected chi connectivity index (χ2v) is 6.65. The first kappa shape index (κ1) is 21.3. The zero-order valence-corrected chi connectivity index (χ0v) is 16.8. The van der Waals surface area contributed by atoms with Crippen molar-refractivity contribution in [2.45, 2.75) is 25.4 Å². The molecule has 1 amide bonds. The second-order valence-electron chi connectivity index (χ2n) is 5.68. The van der Waals surface area contributed by atoms with Crippen molar-refractivity contribution in [2.75, 3.05) is 19.5 Å². The van der Waals surface area contributed by atoms with Crippen molar-refractivity contribution in [2.24, 2.45) is 0 Å². The largest absolute Gasteiger partial charge is 0.496 e. The molecule has 7 nitrogen and oxygen atoms in total. The lowest BCUT2D eigenvalue weighted by Crippen LogP contribution is -2.25. The van der Waals surface area contributed by atoms with Crippen LogP contribution in [0.5, 0.6) is 5.75 Å². The number of ether oxygens (including phenoxy) is 2. The van der Waals surface area contributed by atoms with Gasteiger partial charge in [-0.1, -0.05) is 30.0 Å². The summed E-state index contributed by atoms with van der Waals surface area (Å²) in [6, 6.07) is 10.9. The van der Waals surface area contributed by atoms with Gasteiger partial charge >= 0.3 is 5.97 Å². The van der Waals surface area contributed by atoms with E-state index in [4.69, 9.17) is 9.47 Å². The molecule has 0 aliphatic rings. The number of nitrogens with one attached hydrogen (secondary N) is 1. The van der Waals surface area contributed by atoms with Gasteiger partial charge in [-0.25, -0.2) is 9.78 Å². The van der Waals surface area contributed by atoms with Crippen LogP contribution in [-0.4, -0.2) is 36.3 Å². The van der Waals surface area contributed by atoms with Gasteiger partial charge in [0.05, 0.1) is 36.3 Å². The van der Waals surface area contributed by atoms with E-state index in [2.05, 4.69) is 10.3 Å². The maximum atomic E-state index is 12.2. The summed E-state index contributed by atoms with van der Waals surface area (Å²) in [6.45, 7) is 3.95. The minimum Gasteiger partial charge on any atom is -0.496 e. The third-order valence-corrected chi connectivity index (χ3v) is 4.79. The molecule has 8 heteroatoms. The fraction of sp³-hybridized carbons (Fsp3) is 0.300. The van der Waals surface area contributed by atoms with Gasteiger partial charge in [-0.3, -0.25) is 4.79 Å². The molecule has 2 rings (SSSR count). The maximum Gasteiger partial charge on any atom is 0.340 e. The molecule has 0 unspecified atom stereocenters. The van der Waals surface area contributed by atoms with Gasteiger partial charge in [0.25, 0.3) is 0 Å². The fourth-order valence-electron chi connectivity index (χ4n) is 2.42. The van der Waals surface area contributed by atoms with Crippen LogP contribution >= 0.6 is 11.8 Å².